The standard InChI is InChI=1S/C15H17FN4/c1-9(18)6-10(8-17)15-19-13-5-2-11(16)7-14(13)20(15)12-3-4-12/h2,5-8,12H,3-4,17-18H2,1H3/b9-6-,10-8+. The van der Waals surface area contributed by atoms with Crippen LogP contribution >= 0.6 is 0 Å². The molecule has 1 aromatic heterocycles. The van der Waals surface area contributed by atoms with Gasteiger partial charge in [-0.3, -0.25) is 0 Å². The summed E-state index contributed by atoms with van der Waals surface area (Å²) in [6, 6.07) is 5.02. The van der Waals surface area contributed by atoms with Crippen molar-refractivity contribution in [1.29, 1.82) is 0 Å². The van der Waals surface area contributed by atoms with Gasteiger partial charge in [0, 0.05) is 23.5 Å². The molecule has 1 aliphatic rings. The molecule has 4 nitrogen and oxygen atoms in total. The third-order valence-electron chi connectivity index (χ3n) is 3.38. The number of hydrogen-bond acceptors (Lipinski definition) is 3. The Morgan fingerprint density at radius 3 is 2.80 bits per heavy atom. The van der Waals surface area contributed by atoms with Crippen LogP contribution in [0.5, 0.6) is 0 Å². The normalized spacial score (nSPS) is 16.9. The first-order valence-electron chi connectivity index (χ1n) is 6.63. The Bertz CT molecular complexity index is 719. The third-order valence-corrected chi connectivity index (χ3v) is 3.38. The molecule has 0 atom stereocenters. The van der Waals surface area contributed by atoms with Gasteiger partial charge in [0.1, 0.15) is 11.6 Å². The van der Waals surface area contributed by atoms with E-state index in [1.165, 1.54) is 18.3 Å². The van der Waals surface area contributed by atoms with Crippen molar-refractivity contribution in [3.63, 3.8) is 0 Å². The molecule has 1 heterocycles. The molecule has 104 valence electrons. The van der Waals surface area contributed by atoms with Crippen molar-refractivity contribution in [2.75, 3.05) is 0 Å². The number of fused-ring (bicyclic) bond motifs is 1. The maximum atomic E-state index is 13.5. The number of halogens is 1. The number of hydrogen-bond donors (Lipinski definition) is 2. The number of nitrogens with two attached hydrogens (primary N) is 2. The fourth-order valence-electron chi connectivity index (χ4n) is 2.40. The highest BCUT2D eigenvalue weighted by atomic mass is 19.1. The Labute approximate surface area is 116 Å². The molecule has 0 spiro atoms. The molecule has 1 aliphatic carbocycles. The first-order chi connectivity index (χ1) is 9.60. The predicted octanol–water partition coefficient (Wildman–Crippen LogP) is 2.67. The van der Waals surface area contributed by atoms with Crippen molar-refractivity contribution >= 4 is 16.6 Å². The average molecular weight is 272 g/mol. The molecular weight excluding hydrogens is 255 g/mol. The van der Waals surface area contributed by atoms with Crippen LogP contribution in [0, 0.1) is 5.82 Å². The van der Waals surface area contributed by atoms with Gasteiger partial charge in [0.25, 0.3) is 0 Å². The Hall–Kier alpha value is -2.30. The molecule has 5 heteroatoms. The quantitative estimate of drug-likeness (QED) is 0.844. The molecule has 0 unspecified atom stereocenters. The van der Waals surface area contributed by atoms with E-state index in [4.69, 9.17) is 11.5 Å². The van der Waals surface area contributed by atoms with Crippen molar-refractivity contribution in [1.82, 2.24) is 9.55 Å². The van der Waals surface area contributed by atoms with E-state index in [2.05, 4.69) is 9.55 Å². The van der Waals surface area contributed by atoms with Crippen LogP contribution in [0.2, 0.25) is 0 Å². The van der Waals surface area contributed by atoms with Crippen LogP contribution in [-0.4, -0.2) is 9.55 Å². The third kappa shape index (κ3) is 2.15. The summed E-state index contributed by atoms with van der Waals surface area (Å²) in [6.07, 6.45) is 5.44. The van der Waals surface area contributed by atoms with Gasteiger partial charge in [-0.2, -0.15) is 0 Å². The SMILES string of the molecule is C/C(N)=C/C(=C\N)c1nc2ccc(F)cc2n1C1CC1. The summed E-state index contributed by atoms with van der Waals surface area (Å²) >= 11 is 0. The largest absolute Gasteiger partial charge is 0.404 e. The van der Waals surface area contributed by atoms with Crippen LogP contribution in [0.3, 0.4) is 0 Å². The molecule has 3 rings (SSSR count). The number of benzene rings is 1. The molecule has 1 saturated carbocycles. The minimum absolute atomic E-state index is 0.255. The Kier molecular flexibility index (Phi) is 2.97. The zero-order chi connectivity index (χ0) is 14.3. The van der Waals surface area contributed by atoms with Crippen LogP contribution in [0.15, 0.2) is 36.2 Å². The first-order valence-corrected chi connectivity index (χ1v) is 6.63. The molecule has 4 N–H and O–H groups in total. The van der Waals surface area contributed by atoms with Gasteiger partial charge in [-0.1, -0.05) is 0 Å². The summed E-state index contributed by atoms with van der Waals surface area (Å²) in [6.45, 7) is 1.80. The average Bonchev–Trinajstić information content (AvgIpc) is 3.17. The highest BCUT2D eigenvalue weighted by molar-refractivity contribution is 5.82. The molecule has 0 saturated heterocycles. The number of allylic oxidation sites excluding steroid dienone is 3. The fraction of sp³-hybridized carbons (Fsp3) is 0.267. The zero-order valence-corrected chi connectivity index (χ0v) is 11.3. The fourth-order valence-corrected chi connectivity index (χ4v) is 2.40. The summed E-state index contributed by atoms with van der Waals surface area (Å²) in [5.41, 5.74) is 14.4. The van der Waals surface area contributed by atoms with E-state index in [0.29, 0.717) is 11.7 Å². The van der Waals surface area contributed by atoms with Crippen LogP contribution < -0.4 is 11.5 Å². The van der Waals surface area contributed by atoms with Crippen LogP contribution in [0.1, 0.15) is 31.6 Å². The highest BCUT2D eigenvalue weighted by Gasteiger charge is 2.29. The van der Waals surface area contributed by atoms with Gasteiger partial charge in [-0.15, -0.1) is 0 Å². The van der Waals surface area contributed by atoms with E-state index < -0.39 is 0 Å². The van der Waals surface area contributed by atoms with E-state index >= 15 is 0 Å². The second-order valence-corrected chi connectivity index (χ2v) is 5.18. The van der Waals surface area contributed by atoms with E-state index in [-0.39, 0.29) is 5.82 Å². The van der Waals surface area contributed by atoms with Gasteiger partial charge in [-0.05, 0) is 44.0 Å². The Morgan fingerprint density at radius 2 is 2.20 bits per heavy atom. The van der Waals surface area contributed by atoms with Crippen LogP contribution in [0.25, 0.3) is 16.6 Å². The molecule has 0 amide bonds. The van der Waals surface area contributed by atoms with Crippen LogP contribution in [0.4, 0.5) is 4.39 Å². The lowest BCUT2D eigenvalue weighted by molar-refractivity contribution is 0.628. The molecular formula is C15H17FN4. The van der Waals surface area contributed by atoms with E-state index in [1.807, 2.05) is 0 Å². The number of imidazole rings is 1. The lowest BCUT2D eigenvalue weighted by atomic mass is 10.2. The second-order valence-electron chi connectivity index (χ2n) is 5.18. The zero-order valence-electron chi connectivity index (χ0n) is 11.3. The minimum Gasteiger partial charge on any atom is -0.404 e. The summed E-state index contributed by atoms with van der Waals surface area (Å²) in [7, 11) is 0. The van der Waals surface area contributed by atoms with Crippen molar-refractivity contribution < 1.29 is 4.39 Å². The molecule has 0 radical (unpaired) electrons. The van der Waals surface area contributed by atoms with E-state index in [1.54, 1.807) is 19.1 Å². The van der Waals surface area contributed by atoms with Gasteiger partial charge in [-0.25, -0.2) is 9.37 Å². The molecule has 0 bridgehead atoms. The Morgan fingerprint density at radius 1 is 1.45 bits per heavy atom. The number of rotatable bonds is 3. The lowest BCUT2D eigenvalue weighted by Gasteiger charge is -2.08. The lowest BCUT2D eigenvalue weighted by Crippen LogP contribution is -2.03. The summed E-state index contributed by atoms with van der Waals surface area (Å²) < 4.78 is 15.6. The number of nitrogens with zero attached hydrogens (tertiary/aromatic N) is 2. The first kappa shape index (κ1) is 12.7. The summed E-state index contributed by atoms with van der Waals surface area (Å²) in [5, 5.41) is 0. The highest BCUT2D eigenvalue weighted by Crippen LogP contribution is 2.40. The van der Waals surface area contributed by atoms with Crippen LogP contribution in [-0.2, 0) is 0 Å². The maximum Gasteiger partial charge on any atom is 0.142 e. The smallest absolute Gasteiger partial charge is 0.142 e. The topological polar surface area (TPSA) is 69.9 Å². The monoisotopic (exact) mass is 272 g/mol. The Balaban J connectivity index is 2.24. The molecule has 2 aromatic rings. The maximum absolute atomic E-state index is 13.5. The van der Waals surface area contributed by atoms with Gasteiger partial charge in [0.2, 0.25) is 0 Å². The summed E-state index contributed by atoms with van der Waals surface area (Å²) in [5.74, 6) is 0.495. The van der Waals surface area contributed by atoms with Gasteiger partial charge in [0.15, 0.2) is 0 Å². The van der Waals surface area contributed by atoms with Gasteiger partial charge >= 0.3 is 0 Å². The molecule has 20 heavy (non-hydrogen) atoms. The van der Waals surface area contributed by atoms with Gasteiger partial charge < -0.3 is 16.0 Å². The minimum atomic E-state index is -0.255. The predicted molar refractivity (Wildman–Crippen MR) is 78.1 cm³/mol. The van der Waals surface area contributed by atoms with E-state index in [9.17, 15) is 4.39 Å². The molecule has 1 fully saturated rings. The summed E-state index contributed by atoms with van der Waals surface area (Å²) in [4.78, 5) is 4.59. The van der Waals surface area contributed by atoms with Crippen molar-refractivity contribution in [3.05, 3.63) is 47.8 Å². The van der Waals surface area contributed by atoms with Crippen molar-refractivity contribution in [3.8, 4) is 0 Å². The van der Waals surface area contributed by atoms with Crippen molar-refractivity contribution in [2.45, 2.75) is 25.8 Å². The second kappa shape index (κ2) is 4.67. The van der Waals surface area contributed by atoms with Gasteiger partial charge in [0.05, 0.1) is 11.0 Å². The number of aromatic nitrogens is 2. The molecule has 1 aromatic carbocycles. The van der Waals surface area contributed by atoms with E-state index in [0.717, 1.165) is 35.3 Å². The molecule has 0 aliphatic heterocycles. The van der Waals surface area contributed by atoms with Crippen molar-refractivity contribution in [2.24, 2.45) is 11.5 Å².